The fourth-order valence-corrected chi connectivity index (χ4v) is 4.75. The van der Waals surface area contributed by atoms with Gasteiger partial charge in [-0.15, -0.1) is 0 Å². The van der Waals surface area contributed by atoms with E-state index in [2.05, 4.69) is 0 Å². The van der Waals surface area contributed by atoms with Crippen LogP contribution in [0.5, 0.6) is 0 Å². The van der Waals surface area contributed by atoms with Gasteiger partial charge in [0.1, 0.15) is 4.32 Å². The Balaban J connectivity index is 1.85. The minimum absolute atomic E-state index is 0.00733. The SMILES string of the molecule is O=C1/C(=C/c2ccc(Cl)cc2Cl)SC(=S)N1C1CCCCC1. The molecule has 1 aliphatic heterocycles. The van der Waals surface area contributed by atoms with Gasteiger partial charge in [0.2, 0.25) is 0 Å². The molecule has 0 radical (unpaired) electrons. The molecule has 3 rings (SSSR count). The Kier molecular flexibility index (Phi) is 5.13. The largest absolute Gasteiger partial charge is 0.290 e. The van der Waals surface area contributed by atoms with Crippen LogP contribution in [0, 0.1) is 0 Å². The van der Waals surface area contributed by atoms with E-state index in [-0.39, 0.29) is 11.9 Å². The third kappa shape index (κ3) is 3.35. The van der Waals surface area contributed by atoms with Crippen LogP contribution in [0.3, 0.4) is 0 Å². The summed E-state index contributed by atoms with van der Waals surface area (Å²) in [6.45, 7) is 0. The highest BCUT2D eigenvalue weighted by Gasteiger charge is 2.37. The summed E-state index contributed by atoms with van der Waals surface area (Å²) in [7, 11) is 0. The van der Waals surface area contributed by atoms with Crippen LogP contribution in [0.25, 0.3) is 6.08 Å². The van der Waals surface area contributed by atoms with Crippen molar-refractivity contribution in [3.05, 3.63) is 38.7 Å². The van der Waals surface area contributed by atoms with Crippen LogP contribution in [-0.2, 0) is 4.79 Å². The molecule has 0 bridgehead atoms. The van der Waals surface area contributed by atoms with E-state index >= 15 is 0 Å². The van der Waals surface area contributed by atoms with Gasteiger partial charge in [-0.2, -0.15) is 0 Å². The van der Waals surface area contributed by atoms with Crippen LogP contribution >= 0.6 is 47.2 Å². The summed E-state index contributed by atoms with van der Waals surface area (Å²) in [5.74, 6) is 0.00733. The monoisotopic (exact) mass is 371 g/mol. The van der Waals surface area contributed by atoms with Gasteiger partial charge in [0.15, 0.2) is 0 Å². The molecule has 6 heteroatoms. The minimum Gasteiger partial charge on any atom is -0.290 e. The van der Waals surface area contributed by atoms with Crippen molar-refractivity contribution in [1.29, 1.82) is 0 Å². The van der Waals surface area contributed by atoms with E-state index in [0.717, 1.165) is 18.4 Å². The Hall–Kier alpha value is -0.550. The maximum Gasteiger partial charge on any atom is 0.266 e. The maximum absolute atomic E-state index is 12.7. The number of nitrogens with zero attached hydrogens (tertiary/aromatic N) is 1. The average Bonchev–Trinajstić information content (AvgIpc) is 2.77. The van der Waals surface area contributed by atoms with Crippen LogP contribution in [0.15, 0.2) is 23.1 Å². The van der Waals surface area contributed by atoms with Crippen LogP contribution < -0.4 is 0 Å². The highest BCUT2D eigenvalue weighted by atomic mass is 35.5. The summed E-state index contributed by atoms with van der Waals surface area (Å²) < 4.78 is 0.660. The average molecular weight is 372 g/mol. The van der Waals surface area contributed by atoms with Crippen molar-refractivity contribution in [2.24, 2.45) is 0 Å². The van der Waals surface area contributed by atoms with Crippen molar-refractivity contribution in [3.8, 4) is 0 Å². The normalized spacial score (nSPS) is 21.9. The second-order valence-electron chi connectivity index (χ2n) is 5.51. The molecule has 1 saturated heterocycles. The number of benzene rings is 1. The fraction of sp³-hybridized carbons (Fsp3) is 0.375. The molecule has 1 aromatic rings. The second-order valence-corrected chi connectivity index (χ2v) is 8.03. The van der Waals surface area contributed by atoms with Crippen molar-refractivity contribution >= 4 is 63.5 Å². The van der Waals surface area contributed by atoms with Gasteiger partial charge in [-0.05, 0) is 36.6 Å². The molecule has 0 aromatic heterocycles. The Bertz CT molecular complexity index is 654. The van der Waals surface area contributed by atoms with E-state index in [1.54, 1.807) is 23.1 Å². The van der Waals surface area contributed by atoms with Crippen molar-refractivity contribution in [2.45, 2.75) is 38.1 Å². The van der Waals surface area contributed by atoms with Gasteiger partial charge in [0.05, 0.1) is 4.91 Å². The topological polar surface area (TPSA) is 20.3 Å². The molecule has 2 fully saturated rings. The summed E-state index contributed by atoms with van der Waals surface area (Å²) in [6.07, 6.45) is 7.48. The predicted octanol–water partition coefficient (Wildman–Crippen LogP) is 5.53. The van der Waals surface area contributed by atoms with E-state index in [4.69, 9.17) is 35.4 Å². The fourth-order valence-electron chi connectivity index (χ4n) is 2.89. The van der Waals surface area contributed by atoms with Crippen LogP contribution in [0.4, 0.5) is 0 Å². The number of hydrogen-bond donors (Lipinski definition) is 0. The Morgan fingerprint density at radius 2 is 1.95 bits per heavy atom. The van der Waals surface area contributed by atoms with Gasteiger partial charge in [-0.3, -0.25) is 9.69 Å². The summed E-state index contributed by atoms with van der Waals surface area (Å²) in [6, 6.07) is 5.52. The third-order valence-electron chi connectivity index (χ3n) is 4.01. The molecule has 22 heavy (non-hydrogen) atoms. The molecule has 1 saturated carbocycles. The lowest BCUT2D eigenvalue weighted by molar-refractivity contribution is -0.124. The second kappa shape index (κ2) is 6.91. The van der Waals surface area contributed by atoms with Crippen molar-refractivity contribution in [3.63, 3.8) is 0 Å². The lowest BCUT2D eigenvalue weighted by Gasteiger charge is -2.29. The summed E-state index contributed by atoms with van der Waals surface area (Å²) in [4.78, 5) is 15.1. The molecule has 0 unspecified atom stereocenters. The predicted molar refractivity (Wildman–Crippen MR) is 98.3 cm³/mol. The van der Waals surface area contributed by atoms with E-state index in [1.807, 2.05) is 6.07 Å². The molecular formula is C16H15Cl2NOS2. The number of thiocarbonyl (C=S) groups is 1. The first-order chi connectivity index (χ1) is 10.6. The van der Waals surface area contributed by atoms with E-state index in [9.17, 15) is 4.79 Å². The van der Waals surface area contributed by atoms with Crippen LogP contribution in [0.2, 0.25) is 10.0 Å². The molecule has 1 amide bonds. The van der Waals surface area contributed by atoms with E-state index < -0.39 is 0 Å². The van der Waals surface area contributed by atoms with Crippen LogP contribution in [-0.4, -0.2) is 21.2 Å². The zero-order chi connectivity index (χ0) is 15.7. The highest BCUT2D eigenvalue weighted by Crippen LogP contribution is 2.38. The van der Waals surface area contributed by atoms with Gasteiger partial charge in [0, 0.05) is 16.1 Å². The molecule has 116 valence electrons. The molecule has 0 atom stereocenters. The Morgan fingerprint density at radius 1 is 1.23 bits per heavy atom. The first-order valence-electron chi connectivity index (χ1n) is 7.28. The molecule has 2 nitrogen and oxygen atoms in total. The Labute approximate surface area is 149 Å². The number of rotatable bonds is 2. The summed E-state index contributed by atoms with van der Waals surface area (Å²) in [5.41, 5.74) is 0.787. The van der Waals surface area contributed by atoms with Crippen molar-refractivity contribution in [2.75, 3.05) is 0 Å². The van der Waals surface area contributed by atoms with Gasteiger partial charge in [0.25, 0.3) is 5.91 Å². The van der Waals surface area contributed by atoms with Gasteiger partial charge in [-0.1, -0.05) is 72.5 Å². The number of hydrogen-bond acceptors (Lipinski definition) is 3. The zero-order valence-electron chi connectivity index (χ0n) is 11.9. The quantitative estimate of drug-likeness (QED) is 0.503. The van der Waals surface area contributed by atoms with Crippen molar-refractivity contribution < 1.29 is 4.79 Å². The molecular weight excluding hydrogens is 357 g/mol. The molecule has 1 aliphatic carbocycles. The summed E-state index contributed by atoms with van der Waals surface area (Å²) in [5, 5.41) is 1.12. The molecule has 1 heterocycles. The zero-order valence-corrected chi connectivity index (χ0v) is 15.0. The first-order valence-corrected chi connectivity index (χ1v) is 9.26. The standard InChI is InChI=1S/C16H15Cl2NOS2/c17-11-7-6-10(13(18)9-11)8-14-15(20)19(16(21)22-14)12-4-2-1-3-5-12/h6-9,12H,1-5H2/b14-8-. The van der Waals surface area contributed by atoms with E-state index in [0.29, 0.717) is 19.3 Å². The lowest BCUT2D eigenvalue weighted by Crippen LogP contribution is -2.39. The van der Waals surface area contributed by atoms with Gasteiger partial charge < -0.3 is 0 Å². The molecule has 0 spiro atoms. The first kappa shape index (κ1) is 16.3. The van der Waals surface area contributed by atoms with Gasteiger partial charge in [-0.25, -0.2) is 0 Å². The van der Waals surface area contributed by atoms with E-state index in [1.165, 1.54) is 31.0 Å². The number of carbonyl (C=O) groups is 1. The number of halogens is 2. The smallest absolute Gasteiger partial charge is 0.266 e. The lowest BCUT2D eigenvalue weighted by atomic mass is 9.94. The third-order valence-corrected chi connectivity index (χ3v) is 5.91. The van der Waals surface area contributed by atoms with Gasteiger partial charge >= 0.3 is 0 Å². The summed E-state index contributed by atoms with van der Waals surface area (Å²) >= 11 is 18.9. The maximum atomic E-state index is 12.7. The highest BCUT2D eigenvalue weighted by molar-refractivity contribution is 8.26. The van der Waals surface area contributed by atoms with Crippen LogP contribution in [0.1, 0.15) is 37.7 Å². The molecule has 2 aliphatic rings. The number of carbonyl (C=O) groups excluding carboxylic acids is 1. The molecule has 0 N–H and O–H groups in total. The van der Waals surface area contributed by atoms with Crippen molar-refractivity contribution in [1.82, 2.24) is 4.90 Å². The number of thioether (sulfide) groups is 1. The Morgan fingerprint density at radius 3 is 2.64 bits per heavy atom. The molecule has 1 aromatic carbocycles. The number of amides is 1. The minimum atomic E-state index is 0.00733.